The Bertz CT molecular complexity index is 341. The van der Waals surface area contributed by atoms with Gasteiger partial charge in [0.15, 0.2) is 5.78 Å². The van der Waals surface area contributed by atoms with E-state index in [1.807, 2.05) is 18.4 Å². The molecule has 1 aromatic carbocycles. The highest BCUT2D eigenvalue weighted by Crippen LogP contribution is 2.20. The van der Waals surface area contributed by atoms with Crippen molar-refractivity contribution in [3.05, 3.63) is 29.8 Å². The molecule has 1 aromatic rings. The Labute approximate surface area is 94.7 Å². The monoisotopic (exact) mass is 224 g/mol. The number of hydrogen-bond donors (Lipinski definition) is 1. The molecule has 0 radical (unpaired) electrons. The average molecular weight is 224 g/mol. The van der Waals surface area contributed by atoms with Crippen LogP contribution in [0.2, 0.25) is 0 Å². The second kappa shape index (κ2) is 4.81. The van der Waals surface area contributed by atoms with Crippen LogP contribution in [0.25, 0.3) is 0 Å². The van der Waals surface area contributed by atoms with E-state index in [9.17, 15) is 9.90 Å². The number of hydrogen-bond acceptors (Lipinski definition) is 3. The molecule has 0 aliphatic carbocycles. The molecule has 15 heavy (non-hydrogen) atoms. The van der Waals surface area contributed by atoms with E-state index in [2.05, 4.69) is 0 Å². The van der Waals surface area contributed by atoms with Gasteiger partial charge in [0.1, 0.15) is 5.60 Å². The van der Waals surface area contributed by atoms with Crippen LogP contribution in [0, 0.1) is 0 Å². The number of aliphatic hydroxyl groups is 1. The van der Waals surface area contributed by atoms with Crippen molar-refractivity contribution >= 4 is 17.5 Å². The molecule has 0 spiro atoms. The summed E-state index contributed by atoms with van der Waals surface area (Å²) in [6.07, 6.45) is 2.41. The maximum absolute atomic E-state index is 11.8. The number of rotatable bonds is 4. The van der Waals surface area contributed by atoms with Crippen molar-refractivity contribution in [1.82, 2.24) is 0 Å². The van der Waals surface area contributed by atoms with E-state index in [4.69, 9.17) is 0 Å². The summed E-state index contributed by atoms with van der Waals surface area (Å²) in [5.41, 5.74) is -0.680. The summed E-state index contributed by atoms with van der Waals surface area (Å²) in [4.78, 5) is 13.0. The molecule has 0 bridgehead atoms. The van der Waals surface area contributed by atoms with Crippen molar-refractivity contribution in [2.75, 3.05) is 6.26 Å². The van der Waals surface area contributed by atoms with E-state index in [0.29, 0.717) is 12.0 Å². The molecule has 0 aliphatic rings. The highest BCUT2D eigenvalue weighted by atomic mass is 32.2. The third-order valence-electron chi connectivity index (χ3n) is 2.53. The molecule has 0 amide bonds. The lowest BCUT2D eigenvalue weighted by Gasteiger charge is -2.19. The molecule has 1 rings (SSSR count). The summed E-state index contributed by atoms with van der Waals surface area (Å²) < 4.78 is 0. The minimum Gasteiger partial charge on any atom is -0.382 e. The van der Waals surface area contributed by atoms with Gasteiger partial charge in [0, 0.05) is 10.5 Å². The Kier molecular flexibility index (Phi) is 3.94. The molecule has 0 aliphatic heterocycles. The zero-order chi connectivity index (χ0) is 11.5. The summed E-state index contributed by atoms with van der Waals surface area (Å²) in [6.45, 7) is 3.35. The largest absolute Gasteiger partial charge is 0.382 e. The van der Waals surface area contributed by atoms with Gasteiger partial charge in [-0.3, -0.25) is 4.79 Å². The van der Waals surface area contributed by atoms with Crippen LogP contribution in [0.4, 0.5) is 0 Å². The molecule has 0 saturated carbocycles. The fourth-order valence-corrected chi connectivity index (χ4v) is 1.62. The predicted octanol–water partition coefficient (Wildman–Crippen LogP) is 2.75. The van der Waals surface area contributed by atoms with Gasteiger partial charge in [0.05, 0.1) is 0 Å². The quantitative estimate of drug-likeness (QED) is 0.631. The van der Waals surface area contributed by atoms with Gasteiger partial charge in [-0.15, -0.1) is 11.8 Å². The summed E-state index contributed by atoms with van der Waals surface area (Å²) in [6, 6.07) is 7.31. The first-order valence-electron chi connectivity index (χ1n) is 4.92. The Morgan fingerprint density at radius 3 is 2.33 bits per heavy atom. The van der Waals surface area contributed by atoms with Gasteiger partial charge < -0.3 is 5.11 Å². The van der Waals surface area contributed by atoms with Gasteiger partial charge >= 0.3 is 0 Å². The lowest BCUT2D eigenvalue weighted by atomic mass is 9.92. The fraction of sp³-hybridized carbons (Fsp3) is 0.417. The maximum Gasteiger partial charge on any atom is 0.194 e. The molecule has 1 N–H and O–H groups in total. The van der Waals surface area contributed by atoms with Crippen molar-refractivity contribution < 1.29 is 9.90 Å². The van der Waals surface area contributed by atoms with E-state index in [0.717, 1.165) is 4.90 Å². The number of Topliss-reactive ketones (excluding diaryl/α,β-unsaturated/α-hetero) is 1. The molecule has 3 heteroatoms. The lowest BCUT2D eigenvalue weighted by Crippen LogP contribution is -2.34. The summed E-state index contributed by atoms with van der Waals surface area (Å²) in [7, 11) is 0. The molecule has 0 aromatic heterocycles. The van der Waals surface area contributed by atoms with Crippen LogP contribution < -0.4 is 0 Å². The van der Waals surface area contributed by atoms with Gasteiger partial charge in [-0.1, -0.05) is 19.1 Å². The van der Waals surface area contributed by atoms with Gasteiger partial charge in [0.25, 0.3) is 0 Å². The Morgan fingerprint density at radius 1 is 1.40 bits per heavy atom. The third-order valence-corrected chi connectivity index (χ3v) is 3.27. The minimum absolute atomic E-state index is 0.211. The van der Waals surface area contributed by atoms with Crippen LogP contribution in [0.1, 0.15) is 30.6 Å². The van der Waals surface area contributed by atoms with Crippen LogP contribution >= 0.6 is 11.8 Å². The third kappa shape index (κ3) is 2.83. The first-order valence-corrected chi connectivity index (χ1v) is 6.15. The topological polar surface area (TPSA) is 37.3 Å². The zero-order valence-electron chi connectivity index (χ0n) is 9.28. The van der Waals surface area contributed by atoms with Crippen molar-refractivity contribution in [2.24, 2.45) is 0 Å². The van der Waals surface area contributed by atoms with E-state index < -0.39 is 5.60 Å². The zero-order valence-corrected chi connectivity index (χ0v) is 10.1. The number of thioether (sulfide) groups is 1. The molecular formula is C12H16O2S. The van der Waals surface area contributed by atoms with Crippen molar-refractivity contribution in [1.29, 1.82) is 0 Å². The van der Waals surface area contributed by atoms with Crippen molar-refractivity contribution in [3.63, 3.8) is 0 Å². The normalized spacial score (nSPS) is 14.7. The van der Waals surface area contributed by atoms with Crippen LogP contribution in [0.3, 0.4) is 0 Å². The molecule has 0 fully saturated rings. The van der Waals surface area contributed by atoms with Gasteiger partial charge in [-0.25, -0.2) is 0 Å². The maximum atomic E-state index is 11.8. The Hall–Kier alpha value is -0.800. The summed E-state index contributed by atoms with van der Waals surface area (Å²) >= 11 is 1.63. The lowest BCUT2D eigenvalue weighted by molar-refractivity contribution is 0.0390. The van der Waals surface area contributed by atoms with Crippen molar-refractivity contribution in [2.45, 2.75) is 30.8 Å². The van der Waals surface area contributed by atoms with Crippen LogP contribution in [0.5, 0.6) is 0 Å². The highest BCUT2D eigenvalue weighted by Gasteiger charge is 2.28. The minimum atomic E-state index is -1.25. The van der Waals surface area contributed by atoms with E-state index in [1.165, 1.54) is 0 Å². The van der Waals surface area contributed by atoms with Gasteiger partial charge in [-0.2, -0.15) is 0 Å². The predicted molar refractivity (Wildman–Crippen MR) is 63.5 cm³/mol. The summed E-state index contributed by atoms with van der Waals surface area (Å²) in [5.74, 6) is -0.211. The molecular weight excluding hydrogens is 208 g/mol. The highest BCUT2D eigenvalue weighted by molar-refractivity contribution is 7.98. The van der Waals surface area contributed by atoms with Gasteiger partial charge in [0.2, 0.25) is 0 Å². The number of ketones is 1. The smallest absolute Gasteiger partial charge is 0.194 e. The van der Waals surface area contributed by atoms with Crippen molar-refractivity contribution in [3.8, 4) is 0 Å². The molecule has 2 nitrogen and oxygen atoms in total. The Morgan fingerprint density at radius 2 is 1.93 bits per heavy atom. The van der Waals surface area contributed by atoms with Crippen LogP contribution in [0.15, 0.2) is 29.2 Å². The number of carbonyl (C=O) groups is 1. The molecule has 82 valence electrons. The second-order valence-electron chi connectivity index (χ2n) is 3.69. The van der Waals surface area contributed by atoms with Gasteiger partial charge in [-0.05, 0) is 31.7 Å². The molecule has 0 unspecified atom stereocenters. The molecule has 1 atom stereocenters. The molecule has 0 heterocycles. The number of benzene rings is 1. The Balaban J connectivity index is 2.92. The molecule has 0 saturated heterocycles. The SMILES string of the molecule is CC[C@@](C)(O)C(=O)c1ccc(SC)cc1. The van der Waals surface area contributed by atoms with E-state index >= 15 is 0 Å². The first-order chi connectivity index (χ1) is 7.01. The number of carbonyl (C=O) groups excluding carboxylic acids is 1. The van der Waals surface area contributed by atoms with Crippen LogP contribution in [-0.2, 0) is 0 Å². The van der Waals surface area contributed by atoms with E-state index in [1.54, 1.807) is 37.7 Å². The van der Waals surface area contributed by atoms with E-state index in [-0.39, 0.29) is 5.78 Å². The second-order valence-corrected chi connectivity index (χ2v) is 4.56. The first kappa shape index (κ1) is 12.3. The van der Waals surface area contributed by atoms with Crippen LogP contribution in [-0.4, -0.2) is 22.7 Å². The average Bonchev–Trinajstić information content (AvgIpc) is 2.28. The summed E-state index contributed by atoms with van der Waals surface area (Å²) in [5, 5.41) is 9.82. The fourth-order valence-electron chi connectivity index (χ4n) is 1.21. The standard InChI is InChI=1S/C12H16O2S/c1-4-12(2,14)11(13)9-5-7-10(15-3)8-6-9/h5-8,14H,4H2,1-3H3/t12-/m1/s1.